The van der Waals surface area contributed by atoms with Crippen LogP contribution in [0.25, 0.3) is 0 Å². The van der Waals surface area contributed by atoms with Crippen molar-refractivity contribution >= 4 is 0 Å². The lowest BCUT2D eigenvalue weighted by Gasteiger charge is -2.16. The van der Waals surface area contributed by atoms with E-state index in [1.165, 1.54) is 23.3 Å². The molecular weight excluding hydrogens is 249 g/mol. The summed E-state index contributed by atoms with van der Waals surface area (Å²) in [5.41, 5.74) is 11.8. The topological polar surface area (TPSA) is 26.0 Å². The minimum absolute atomic E-state index is 0.226. The molecule has 106 valence electrons. The van der Waals surface area contributed by atoms with Gasteiger partial charge in [0.25, 0.3) is 0 Å². The molecule has 2 aromatic rings. The molecule has 2 aromatic carbocycles. The third-order valence-electron chi connectivity index (χ3n) is 3.77. The fourth-order valence-corrected chi connectivity index (χ4v) is 2.65. The Balaban J connectivity index is 2.39. The Morgan fingerprint density at radius 2 is 1.65 bits per heavy atom. The summed E-state index contributed by atoms with van der Waals surface area (Å²) in [5.74, 6) is -0.226. The zero-order valence-electron chi connectivity index (χ0n) is 12.4. The third kappa shape index (κ3) is 3.07. The number of aryl methyl sites for hydroxylation is 3. The van der Waals surface area contributed by atoms with Crippen LogP contribution in [0.5, 0.6) is 0 Å². The van der Waals surface area contributed by atoms with E-state index in [9.17, 15) is 4.39 Å². The SMILES string of the molecule is CCc1ccc(C(N)c2cc(C)cc(F)c2)cc1CC. The summed E-state index contributed by atoms with van der Waals surface area (Å²) < 4.78 is 13.5. The molecule has 0 heterocycles. The summed E-state index contributed by atoms with van der Waals surface area (Å²) in [5, 5.41) is 0. The maximum absolute atomic E-state index is 13.5. The predicted octanol–water partition coefficient (Wildman–Crippen LogP) is 4.31. The molecule has 0 saturated carbocycles. The van der Waals surface area contributed by atoms with Gasteiger partial charge in [-0.2, -0.15) is 0 Å². The minimum Gasteiger partial charge on any atom is -0.320 e. The Hall–Kier alpha value is -1.67. The number of benzene rings is 2. The van der Waals surface area contributed by atoms with Gasteiger partial charge < -0.3 is 5.73 Å². The van der Waals surface area contributed by atoms with Crippen molar-refractivity contribution in [3.05, 3.63) is 70.0 Å². The first-order valence-corrected chi connectivity index (χ1v) is 7.19. The lowest BCUT2D eigenvalue weighted by molar-refractivity contribution is 0.622. The van der Waals surface area contributed by atoms with E-state index >= 15 is 0 Å². The summed E-state index contributed by atoms with van der Waals surface area (Å²) in [4.78, 5) is 0. The van der Waals surface area contributed by atoms with Gasteiger partial charge in [-0.15, -0.1) is 0 Å². The first-order chi connectivity index (χ1) is 9.55. The number of rotatable bonds is 4. The van der Waals surface area contributed by atoms with Crippen LogP contribution >= 0.6 is 0 Å². The standard InChI is InChI=1S/C18H22FN/c1-4-13-6-7-15(10-14(13)5-2)18(20)16-8-12(3)9-17(19)11-16/h6-11,18H,4-5,20H2,1-3H3. The van der Waals surface area contributed by atoms with Gasteiger partial charge >= 0.3 is 0 Å². The van der Waals surface area contributed by atoms with Crippen molar-refractivity contribution in [1.29, 1.82) is 0 Å². The molecule has 0 aromatic heterocycles. The molecule has 0 radical (unpaired) electrons. The molecule has 0 aliphatic rings. The molecule has 2 N–H and O–H groups in total. The van der Waals surface area contributed by atoms with Crippen LogP contribution < -0.4 is 5.73 Å². The fourth-order valence-electron chi connectivity index (χ4n) is 2.65. The van der Waals surface area contributed by atoms with Crippen LogP contribution in [0.1, 0.15) is 47.7 Å². The first-order valence-electron chi connectivity index (χ1n) is 7.19. The van der Waals surface area contributed by atoms with Gasteiger partial charge in [0, 0.05) is 0 Å². The van der Waals surface area contributed by atoms with Crippen molar-refractivity contribution in [2.24, 2.45) is 5.73 Å². The molecule has 0 amide bonds. The third-order valence-corrected chi connectivity index (χ3v) is 3.77. The van der Waals surface area contributed by atoms with E-state index < -0.39 is 0 Å². The quantitative estimate of drug-likeness (QED) is 0.881. The van der Waals surface area contributed by atoms with Crippen molar-refractivity contribution in [2.45, 2.75) is 39.7 Å². The van der Waals surface area contributed by atoms with E-state index in [1.54, 1.807) is 0 Å². The number of nitrogens with two attached hydrogens (primary N) is 1. The van der Waals surface area contributed by atoms with E-state index in [1.807, 2.05) is 13.0 Å². The molecule has 0 bridgehead atoms. The second kappa shape index (κ2) is 6.19. The molecule has 1 unspecified atom stereocenters. The van der Waals surface area contributed by atoms with Gasteiger partial charge in [-0.25, -0.2) is 4.39 Å². The molecule has 0 spiro atoms. The molecule has 0 aliphatic heterocycles. The van der Waals surface area contributed by atoms with Gasteiger partial charge in [0.1, 0.15) is 5.82 Å². The molecule has 2 heteroatoms. The monoisotopic (exact) mass is 271 g/mol. The minimum atomic E-state index is -0.277. The summed E-state index contributed by atoms with van der Waals surface area (Å²) in [6.07, 6.45) is 2.02. The molecular formula is C18H22FN. The summed E-state index contributed by atoms with van der Waals surface area (Å²) in [6, 6.07) is 11.1. The Kier molecular flexibility index (Phi) is 4.56. The van der Waals surface area contributed by atoms with Crippen molar-refractivity contribution < 1.29 is 4.39 Å². The molecule has 0 aliphatic carbocycles. The summed E-state index contributed by atoms with van der Waals surface area (Å²) in [7, 11) is 0. The number of hydrogen-bond donors (Lipinski definition) is 1. The van der Waals surface area contributed by atoms with Gasteiger partial charge in [-0.05, 0) is 59.7 Å². The zero-order valence-corrected chi connectivity index (χ0v) is 12.4. The van der Waals surface area contributed by atoms with Crippen LogP contribution in [0, 0.1) is 12.7 Å². The molecule has 1 atom stereocenters. The van der Waals surface area contributed by atoms with E-state index in [0.29, 0.717) is 0 Å². The Morgan fingerprint density at radius 1 is 0.950 bits per heavy atom. The maximum atomic E-state index is 13.5. The molecule has 20 heavy (non-hydrogen) atoms. The van der Waals surface area contributed by atoms with Gasteiger partial charge in [0.2, 0.25) is 0 Å². The number of halogens is 1. The zero-order chi connectivity index (χ0) is 14.7. The van der Waals surface area contributed by atoms with Gasteiger partial charge in [0.15, 0.2) is 0 Å². The molecule has 1 nitrogen and oxygen atoms in total. The maximum Gasteiger partial charge on any atom is 0.123 e. The van der Waals surface area contributed by atoms with Gasteiger partial charge in [0.05, 0.1) is 6.04 Å². The van der Waals surface area contributed by atoms with Crippen molar-refractivity contribution in [3.8, 4) is 0 Å². The van der Waals surface area contributed by atoms with E-state index in [-0.39, 0.29) is 11.9 Å². The van der Waals surface area contributed by atoms with Crippen LogP contribution in [0.15, 0.2) is 36.4 Å². The van der Waals surface area contributed by atoms with E-state index in [2.05, 4.69) is 32.0 Å². The van der Waals surface area contributed by atoms with Crippen molar-refractivity contribution in [3.63, 3.8) is 0 Å². The fraction of sp³-hybridized carbons (Fsp3) is 0.333. The highest BCUT2D eigenvalue weighted by atomic mass is 19.1. The Morgan fingerprint density at radius 3 is 2.25 bits per heavy atom. The summed E-state index contributed by atoms with van der Waals surface area (Å²) in [6.45, 7) is 6.19. The van der Waals surface area contributed by atoms with Crippen LogP contribution in [-0.2, 0) is 12.8 Å². The molecule has 0 fully saturated rings. The summed E-state index contributed by atoms with van der Waals surface area (Å²) >= 11 is 0. The average molecular weight is 271 g/mol. The Bertz CT molecular complexity index is 584. The van der Waals surface area contributed by atoms with Gasteiger partial charge in [-0.3, -0.25) is 0 Å². The largest absolute Gasteiger partial charge is 0.320 e. The highest BCUT2D eigenvalue weighted by molar-refractivity contribution is 5.39. The molecule has 0 saturated heterocycles. The number of hydrogen-bond acceptors (Lipinski definition) is 1. The lowest BCUT2D eigenvalue weighted by atomic mass is 9.93. The van der Waals surface area contributed by atoms with Crippen LogP contribution in [-0.4, -0.2) is 0 Å². The highest BCUT2D eigenvalue weighted by Crippen LogP contribution is 2.24. The first kappa shape index (κ1) is 14.7. The average Bonchev–Trinajstić information content (AvgIpc) is 2.44. The second-order valence-electron chi connectivity index (χ2n) is 5.27. The predicted molar refractivity (Wildman–Crippen MR) is 82.4 cm³/mol. The van der Waals surface area contributed by atoms with E-state index in [0.717, 1.165) is 29.5 Å². The van der Waals surface area contributed by atoms with Crippen LogP contribution in [0.4, 0.5) is 4.39 Å². The van der Waals surface area contributed by atoms with Gasteiger partial charge in [-0.1, -0.05) is 38.1 Å². The second-order valence-corrected chi connectivity index (χ2v) is 5.27. The van der Waals surface area contributed by atoms with Crippen LogP contribution in [0.2, 0.25) is 0 Å². The normalized spacial score (nSPS) is 12.4. The van der Waals surface area contributed by atoms with Crippen LogP contribution in [0.3, 0.4) is 0 Å². The van der Waals surface area contributed by atoms with E-state index in [4.69, 9.17) is 5.73 Å². The van der Waals surface area contributed by atoms with Crippen molar-refractivity contribution in [2.75, 3.05) is 0 Å². The Labute approximate surface area is 120 Å². The molecule has 2 rings (SSSR count). The smallest absolute Gasteiger partial charge is 0.123 e. The highest BCUT2D eigenvalue weighted by Gasteiger charge is 2.12. The van der Waals surface area contributed by atoms with Crippen molar-refractivity contribution in [1.82, 2.24) is 0 Å². The lowest BCUT2D eigenvalue weighted by Crippen LogP contribution is -2.13.